The fraction of sp³-hybridized carbons (Fsp3) is 0.250. The molecular formula is C16H17N3O4. The molecule has 0 aliphatic carbocycles. The van der Waals surface area contributed by atoms with Gasteiger partial charge >= 0.3 is 5.97 Å². The van der Waals surface area contributed by atoms with E-state index in [0.29, 0.717) is 18.8 Å². The first-order valence-corrected chi connectivity index (χ1v) is 7.05. The van der Waals surface area contributed by atoms with Crippen LogP contribution in [0.25, 0.3) is 0 Å². The monoisotopic (exact) mass is 315 g/mol. The van der Waals surface area contributed by atoms with Crippen LogP contribution in [0.2, 0.25) is 0 Å². The smallest absolute Gasteiger partial charge is 0.359 e. The van der Waals surface area contributed by atoms with Gasteiger partial charge in [-0.25, -0.2) is 9.78 Å². The lowest BCUT2D eigenvalue weighted by Crippen LogP contribution is -2.32. The molecule has 0 saturated carbocycles. The summed E-state index contributed by atoms with van der Waals surface area (Å²) < 4.78 is 10.3. The summed E-state index contributed by atoms with van der Waals surface area (Å²) in [5.74, 6) is -0.366. The molecule has 120 valence electrons. The molecule has 0 unspecified atom stereocenters. The molecule has 0 spiro atoms. The Kier molecular flexibility index (Phi) is 6.05. The molecule has 0 radical (unpaired) electrons. The number of amides is 1. The molecule has 2 aromatic rings. The van der Waals surface area contributed by atoms with E-state index in [2.05, 4.69) is 15.3 Å². The third kappa shape index (κ3) is 5.74. The highest BCUT2D eigenvalue weighted by atomic mass is 16.5. The number of para-hydroxylation sites is 1. The lowest BCUT2D eigenvalue weighted by atomic mass is 10.3. The number of nitrogens with one attached hydrogen (secondary N) is 1. The quantitative estimate of drug-likeness (QED) is 0.608. The normalized spacial score (nSPS) is 9.96. The van der Waals surface area contributed by atoms with Crippen molar-refractivity contribution < 1.29 is 19.1 Å². The molecule has 1 amide bonds. The zero-order valence-electron chi connectivity index (χ0n) is 12.7. The molecule has 1 aromatic heterocycles. The lowest BCUT2D eigenvalue weighted by molar-refractivity contribution is -0.124. The zero-order chi connectivity index (χ0) is 16.5. The predicted octanol–water partition coefficient (Wildman–Crippen LogP) is 1.14. The van der Waals surface area contributed by atoms with Gasteiger partial charge in [0, 0.05) is 6.20 Å². The number of ether oxygens (including phenoxy) is 2. The van der Waals surface area contributed by atoms with Gasteiger partial charge in [0.05, 0.1) is 18.4 Å². The van der Waals surface area contributed by atoms with Crippen LogP contribution in [0.3, 0.4) is 0 Å². The number of aryl methyl sites for hydroxylation is 1. The minimum absolute atomic E-state index is 0.0656. The van der Waals surface area contributed by atoms with Crippen molar-refractivity contribution >= 4 is 11.9 Å². The highest BCUT2D eigenvalue weighted by molar-refractivity contribution is 5.89. The molecule has 0 aliphatic heterocycles. The molecule has 23 heavy (non-hydrogen) atoms. The van der Waals surface area contributed by atoms with Crippen LogP contribution in [0.5, 0.6) is 5.75 Å². The van der Waals surface area contributed by atoms with Gasteiger partial charge in [0.2, 0.25) is 0 Å². The minimum atomic E-state index is -0.687. The van der Waals surface area contributed by atoms with Crippen LogP contribution in [-0.2, 0) is 9.53 Å². The summed E-state index contributed by atoms with van der Waals surface area (Å²) in [7, 11) is 0. The second-order valence-corrected chi connectivity index (χ2v) is 4.63. The van der Waals surface area contributed by atoms with Crippen molar-refractivity contribution in [1.82, 2.24) is 15.3 Å². The summed E-state index contributed by atoms with van der Waals surface area (Å²) in [6, 6.07) is 9.27. The number of esters is 1. The number of hydrogen-bond donors (Lipinski definition) is 1. The number of nitrogens with zero attached hydrogens (tertiary/aromatic N) is 2. The number of aromatic nitrogens is 2. The molecule has 0 aliphatic rings. The number of rotatable bonds is 7. The molecule has 0 bridgehead atoms. The van der Waals surface area contributed by atoms with Crippen molar-refractivity contribution in [2.45, 2.75) is 6.92 Å². The van der Waals surface area contributed by atoms with E-state index in [1.165, 1.54) is 12.4 Å². The van der Waals surface area contributed by atoms with Crippen LogP contribution in [0, 0.1) is 6.92 Å². The summed E-state index contributed by atoms with van der Waals surface area (Å²) in [6.45, 7) is 2.02. The predicted molar refractivity (Wildman–Crippen MR) is 82.0 cm³/mol. The largest absolute Gasteiger partial charge is 0.492 e. The Morgan fingerprint density at radius 2 is 1.91 bits per heavy atom. The van der Waals surface area contributed by atoms with E-state index >= 15 is 0 Å². The van der Waals surface area contributed by atoms with Gasteiger partial charge in [0.1, 0.15) is 12.4 Å². The molecule has 2 rings (SSSR count). The van der Waals surface area contributed by atoms with Crippen LogP contribution in [0.1, 0.15) is 16.2 Å². The molecule has 0 saturated heterocycles. The van der Waals surface area contributed by atoms with Crippen molar-refractivity contribution in [3.8, 4) is 5.75 Å². The SMILES string of the molecule is Cc1cnc(C(=O)OCC(=O)NCCOc2ccccc2)cn1. The van der Waals surface area contributed by atoms with E-state index in [0.717, 1.165) is 5.75 Å². The maximum absolute atomic E-state index is 11.6. The number of carbonyl (C=O) groups is 2. The van der Waals surface area contributed by atoms with Gasteiger partial charge in [-0.05, 0) is 19.1 Å². The van der Waals surface area contributed by atoms with Gasteiger partial charge in [-0.3, -0.25) is 9.78 Å². The van der Waals surface area contributed by atoms with Crippen molar-refractivity contribution in [1.29, 1.82) is 0 Å². The van der Waals surface area contributed by atoms with E-state index in [4.69, 9.17) is 9.47 Å². The fourth-order valence-electron chi connectivity index (χ4n) is 1.63. The standard InChI is InChI=1S/C16H17N3O4/c1-12-9-19-14(10-18-12)16(21)23-11-15(20)17-7-8-22-13-5-3-2-4-6-13/h2-6,9-10H,7-8,11H2,1H3,(H,17,20). The average Bonchev–Trinajstić information content (AvgIpc) is 2.58. The highest BCUT2D eigenvalue weighted by Gasteiger charge is 2.11. The molecular weight excluding hydrogens is 298 g/mol. The summed E-state index contributed by atoms with van der Waals surface area (Å²) >= 11 is 0. The van der Waals surface area contributed by atoms with E-state index in [1.54, 1.807) is 6.92 Å². The van der Waals surface area contributed by atoms with Crippen LogP contribution < -0.4 is 10.1 Å². The molecule has 1 N–H and O–H groups in total. The second-order valence-electron chi connectivity index (χ2n) is 4.63. The van der Waals surface area contributed by atoms with E-state index in [-0.39, 0.29) is 12.3 Å². The Labute approximate surface area is 133 Å². The summed E-state index contributed by atoms with van der Waals surface area (Å²) in [4.78, 5) is 31.0. The van der Waals surface area contributed by atoms with E-state index in [1.807, 2.05) is 30.3 Å². The summed E-state index contributed by atoms with van der Waals surface area (Å²) in [5, 5.41) is 2.59. The molecule has 1 heterocycles. The molecule has 7 heteroatoms. The maximum atomic E-state index is 11.6. The topological polar surface area (TPSA) is 90.4 Å². The Hall–Kier alpha value is -2.96. The van der Waals surface area contributed by atoms with Gasteiger partial charge in [-0.2, -0.15) is 0 Å². The number of carbonyl (C=O) groups excluding carboxylic acids is 2. The highest BCUT2D eigenvalue weighted by Crippen LogP contribution is 2.07. The Bertz CT molecular complexity index is 644. The van der Waals surface area contributed by atoms with Crippen LogP contribution in [0.4, 0.5) is 0 Å². The molecule has 1 aromatic carbocycles. The second kappa shape index (κ2) is 8.47. The first kappa shape index (κ1) is 16.4. The van der Waals surface area contributed by atoms with E-state index in [9.17, 15) is 9.59 Å². The van der Waals surface area contributed by atoms with Crippen LogP contribution in [0.15, 0.2) is 42.7 Å². The van der Waals surface area contributed by atoms with Gasteiger partial charge < -0.3 is 14.8 Å². The van der Waals surface area contributed by atoms with Gasteiger partial charge in [0.25, 0.3) is 5.91 Å². The van der Waals surface area contributed by atoms with Crippen molar-refractivity contribution in [3.63, 3.8) is 0 Å². The van der Waals surface area contributed by atoms with Crippen LogP contribution >= 0.6 is 0 Å². The minimum Gasteiger partial charge on any atom is -0.492 e. The van der Waals surface area contributed by atoms with Gasteiger partial charge in [0.15, 0.2) is 12.3 Å². The molecule has 0 atom stereocenters. The average molecular weight is 315 g/mol. The van der Waals surface area contributed by atoms with E-state index < -0.39 is 11.9 Å². The van der Waals surface area contributed by atoms with Gasteiger partial charge in [-0.1, -0.05) is 18.2 Å². The number of benzene rings is 1. The van der Waals surface area contributed by atoms with Crippen molar-refractivity contribution in [3.05, 3.63) is 54.1 Å². The zero-order valence-corrected chi connectivity index (χ0v) is 12.7. The van der Waals surface area contributed by atoms with Crippen LogP contribution in [-0.4, -0.2) is 41.6 Å². The summed E-state index contributed by atoms with van der Waals surface area (Å²) in [6.07, 6.45) is 2.76. The molecule has 7 nitrogen and oxygen atoms in total. The first-order chi connectivity index (χ1) is 11.1. The first-order valence-electron chi connectivity index (χ1n) is 7.05. The fourth-order valence-corrected chi connectivity index (χ4v) is 1.63. The maximum Gasteiger partial charge on any atom is 0.359 e. The third-order valence-corrected chi connectivity index (χ3v) is 2.76. The van der Waals surface area contributed by atoms with Crippen molar-refractivity contribution in [2.75, 3.05) is 19.8 Å². The Morgan fingerprint density at radius 3 is 2.61 bits per heavy atom. The van der Waals surface area contributed by atoms with Gasteiger partial charge in [-0.15, -0.1) is 0 Å². The summed E-state index contributed by atoms with van der Waals surface area (Å²) in [5.41, 5.74) is 0.758. The molecule has 0 fully saturated rings. The van der Waals surface area contributed by atoms with Crippen molar-refractivity contribution in [2.24, 2.45) is 0 Å². The lowest BCUT2D eigenvalue weighted by Gasteiger charge is -2.08. The Morgan fingerprint density at radius 1 is 1.13 bits per heavy atom. The number of hydrogen-bond acceptors (Lipinski definition) is 6. The third-order valence-electron chi connectivity index (χ3n) is 2.76. The Balaban J connectivity index is 1.63.